The molecule has 2 aliphatic rings. The summed E-state index contributed by atoms with van der Waals surface area (Å²) in [6.07, 6.45) is 0.321. The molecule has 0 bridgehead atoms. The molecule has 6 atom stereocenters. The van der Waals surface area contributed by atoms with Crippen LogP contribution in [0, 0.1) is 11.8 Å². The number of aliphatic carboxylic acids is 1. The fourth-order valence-electron chi connectivity index (χ4n) is 4.74. The van der Waals surface area contributed by atoms with Gasteiger partial charge in [-0.2, -0.15) is 0 Å². The van der Waals surface area contributed by atoms with Crippen LogP contribution in [0.3, 0.4) is 0 Å². The van der Waals surface area contributed by atoms with Crippen molar-refractivity contribution in [1.82, 2.24) is 31.5 Å². The second-order valence-corrected chi connectivity index (χ2v) is 11.2. The zero-order valence-electron chi connectivity index (χ0n) is 23.9. The summed E-state index contributed by atoms with van der Waals surface area (Å²) in [5, 5.41) is 22.0. The predicted octanol–water partition coefficient (Wildman–Crippen LogP) is -1.37. The van der Waals surface area contributed by atoms with Gasteiger partial charge in [0.25, 0.3) is 0 Å². The lowest BCUT2D eigenvalue weighted by molar-refractivity contribution is -0.143. The first-order chi connectivity index (χ1) is 18.6. The average Bonchev–Trinajstić information content (AvgIpc) is 3.34. The van der Waals surface area contributed by atoms with E-state index in [1.807, 2.05) is 13.8 Å². The number of hydrogen-bond acceptors (Lipinski definition) is 7. The number of fused-ring (bicyclic) bond motifs is 1. The van der Waals surface area contributed by atoms with Gasteiger partial charge >= 0.3 is 5.97 Å². The van der Waals surface area contributed by atoms with Gasteiger partial charge in [0.15, 0.2) is 0 Å². The topological polar surface area (TPSA) is 203 Å². The molecular formula is C26H42N6O8. The maximum Gasteiger partial charge on any atom is 0.305 e. The van der Waals surface area contributed by atoms with E-state index in [0.717, 1.165) is 0 Å². The molecule has 0 saturated carbocycles. The van der Waals surface area contributed by atoms with Crippen molar-refractivity contribution in [3.05, 3.63) is 0 Å². The van der Waals surface area contributed by atoms with Gasteiger partial charge in [0.2, 0.25) is 35.4 Å². The number of nitrogens with zero attached hydrogens (tertiary/aromatic N) is 1. The quantitative estimate of drug-likeness (QED) is 0.234. The first-order valence-corrected chi connectivity index (χ1v) is 13.7. The van der Waals surface area contributed by atoms with Crippen molar-refractivity contribution >= 4 is 41.4 Å². The smallest absolute Gasteiger partial charge is 0.305 e. The van der Waals surface area contributed by atoms with Crippen molar-refractivity contribution in [3.63, 3.8) is 0 Å². The SMILES string of the molecule is CC(C)C[C@@H]1NC(=O)[C@H](C)NC(=O)[C@H]2CCCN2C(=O)[C@H](C)NC(=O)[C@H](C(C)C)NC(=O)[C@H](CC(=O)O)NC1=O. The van der Waals surface area contributed by atoms with Gasteiger partial charge in [-0.3, -0.25) is 33.6 Å². The maximum absolute atomic E-state index is 13.2. The number of carboxylic acid groups (broad SMARTS) is 1. The van der Waals surface area contributed by atoms with Crippen LogP contribution in [0.2, 0.25) is 0 Å². The van der Waals surface area contributed by atoms with E-state index < -0.39 is 90.0 Å². The van der Waals surface area contributed by atoms with Crippen LogP contribution in [0.25, 0.3) is 0 Å². The number of carbonyl (C=O) groups is 7. The largest absolute Gasteiger partial charge is 0.481 e. The summed E-state index contributed by atoms with van der Waals surface area (Å²) < 4.78 is 0. The highest BCUT2D eigenvalue weighted by atomic mass is 16.4. The van der Waals surface area contributed by atoms with Crippen molar-refractivity contribution in [1.29, 1.82) is 0 Å². The third-order valence-corrected chi connectivity index (χ3v) is 6.92. The number of nitrogens with one attached hydrogen (secondary N) is 5. The molecule has 2 saturated heterocycles. The standard InChI is InChI=1S/C26H42N6O8/c1-12(2)10-16-22(36)30-17(11-19(33)34)23(37)31-20(13(3)4)25(39)28-15(6)26(40)32-9-7-8-18(32)24(38)27-14(5)21(35)29-16/h12-18,20H,7-11H2,1-6H3,(H,27,38)(H,28,39)(H,29,35)(H,30,36)(H,31,37)(H,33,34)/t14-,15-,16-,17-,18+,20-/m0/s1. The van der Waals surface area contributed by atoms with Gasteiger partial charge < -0.3 is 36.6 Å². The van der Waals surface area contributed by atoms with Gasteiger partial charge in [-0.25, -0.2) is 0 Å². The van der Waals surface area contributed by atoms with Crippen LogP contribution < -0.4 is 26.6 Å². The Morgan fingerprint density at radius 2 is 1.38 bits per heavy atom. The molecular weight excluding hydrogens is 524 g/mol. The second kappa shape index (κ2) is 14.1. The molecule has 0 aliphatic carbocycles. The molecule has 0 aromatic rings. The number of carboxylic acids is 1. The fourth-order valence-corrected chi connectivity index (χ4v) is 4.74. The van der Waals surface area contributed by atoms with Crippen molar-refractivity contribution in [2.45, 2.75) is 103 Å². The van der Waals surface area contributed by atoms with E-state index in [2.05, 4.69) is 26.6 Å². The molecule has 40 heavy (non-hydrogen) atoms. The zero-order chi connectivity index (χ0) is 30.3. The summed E-state index contributed by atoms with van der Waals surface area (Å²) in [6.45, 7) is 10.1. The molecule has 0 unspecified atom stereocenters. The summed E-state index contributed by atoms with van der Waals surface area (Å²) in [5.41, 5.74) is 0. The molecule has 0 spiro atoms. The fraction of sp³-hybridized carbons (Fsp3) is 0.731. The number of carbonyl (C=O) groups excluding carboxylic acids is 6. The molecule has 2 rings (SSSR count). The molecule has 0 radical (unpaired) electrons. The molecule has 14 heteroatoms. The zero-order valence-corrected chi connectivity index (χ0v) is 23.9. The monoisotopic (exact) mass is 566 g/mol. The second-order valence-electron chi connectivity index (χ2n) is 11.2. The van der Waals surface area contributed by atoms with Crippen LogP contribution in [-0.2, 0) is 33.6 Å². The molecule has 0 aromatic carbocycles. The Kier molecular flexibility index (Phi) is 11.4. The molecule has 2 fully saturated rings. The minimum absolute atomic E-state index is 0.0698. The van der Waals surface area contributed by atoms with Crippen molar-refractivity contribution in [3.8, 4) is 0 Å². The van der Waals surface area contributed by atoms with Crippen LogP contribution in [-0.4, -0.2) is 94.2 Å². The minimum Gasteiger partial charge on any atom is -0.481 e. The van der Waals surface area contributed by atoms with Crippen LogP contribution >= 0.6 is 0 Å². The molecule has 2 heterocycles. The van der Waals surface area contributed by atoms with Gasteiger partial charge in [0, 0.05) is 6.54 Å². The summed E-state index contributed by atoms with van der Waals surface area (Å²) >= 11 is 0. The molecule has 6 N–H and O–H groups in total. The van der Waals surface area contributed by atoms with E-state index in [4.69, 9.17) is 0 Å². The summed E-state index contributed by atoms with van der Waals surface area (Å²) in [4.78, 5) is 91.6. The summed E-state index contributed by atoms with van der Waals surface area (Å²) in [6, 6.07) is -6.78. The van der Waals surface area contributed by atoms with Gasteiger partial charge in [-0.1, -0.05) is 27.7 Å². The third kappa shape index (κ3) is 8.65. The van der Waals surface area contributed by atoms with Crippen molar-refractivity contribution < 1.29 is 38.7 Å². The predicted molar refractivity (Wildman–Crippen MR) is 142 cm³/mol. The van der Waals surface area contributed by atoms with E-state index in [9.17, 15) is 38.7 Å². The molecule has 0 aromatic heterocycles. The number of amides is 6. The van der Waals surface area contributed by atoms with E-state index in [1.165, 1.54) is 18.7 Å². The Bertz CT molecular complexity index is 1020. The highest BCUT2D eigenvalue weighted by Crippen LogP contribution is 2.19. The lowest BCUT2D eigenvalue weighted by atomic mass is 10.0. The highest BCUT2D eigenvalue weighted by Gasteiger charge is 2.39. The van der Waals surface area contributed by atoms with Gasteiger partial charge in [-0.15, -0.1) is 0 Å². The van der Waals surface area contributed by atoms with Crippen molar-refractivity contribution in [2.24, 2.45) is 11.8 Å². The van der Waals surface area contributed by atoms with Gasteiger partial charge in [-0.05, 0) is 44.9 Å². The normalized spacial score (nSPS) is 29.6. The van der Waals surface area contributed by atoms with E-state index >= 15 is 0 Å². The van der Waals surface area contributed by atoms with E-state index in [0.29, 0.717) is 12.8 Å². The summed E-state index contributed by atoms with van der Waals surface area (Å²) in [5.74, 6) is -5.95. The molecule has 2 aliphatic heterocycles. The Labute approximate surface area is 233 Å². The highest BCUT2D eigenvalue weighted by molar-refractivity contribution is 5.99. The Morgan fingerprint density at radius 1 is 0.800 bits per heavy atom. The average molecular weight is 567 g/mol. The minimum atomic E-state index is -1.55. The third-order valence-electron chi connectivity index (χ3n) is 6.92. The first-order valence-electron chi connectivity index (χ1n) is 13.7. The Hall–Kier alpha value is -3.71. The maximum atomic E-state index is 13.2. The molecule has 6 amide bonds. The van der Waals surface area contributed by atoms with Crippen LogP contribution in [0.5, 0.6) is 0 Å². The van der Waals surface area contributed by atoms with Crippen molar-refractivity contribution in [2.75, 3.05) is 6.54 Å². The number of hydrogen-bond donors (Lipinski definition) is 6. The summed E-state index contributed by atoms with van der Waals surface area (Å²) in [7, 11) is 0. The van der Waals surface area contributed by atoms with Crippen LogP contribution in [0.1, 0.15) is 67.2 Å². The van der Waals surface area contributed by atoms with Gasteiger partial charge in [0.1, 0.15) is 36.3 Å². The molecule has 14 nitrogen and oxygen atoms in total. The van der Waals surface area contributed by atoms with E-state index in [-0.39, 0.29) is 18.9 Å². The Morgan fingerprint density at radius 3 is 1.95 bits per heavy atom. The van der Waals surface area contributed by atoms with Gasteiger partial charge in [0.05, 0.1) is 6.42 Å². The van der Waals surface area contributed by atoms with E-state index in [1.54, 1.807) is 13.8 Å². The number of rotatable bonds is 5. The van der Waals surface area contributed by atoms with Crippen LogP contribution in [0.15, 0.2) is 0 Å². The lowest BCUT2D eigenvalue weighted by Gasteiger charge is -2.31. The first kappa shape index (κ1) is 32.5. The Balaban J connectivity index is 2.47. The lowest BCUT2D eigenvalue weighted by Crippen LogP contribution is -2.61. The van der Waals surface area contributed by atoms with Crippen LogP contribution in [0.4, 0.5) is 0 Å². The molecule has 224 valence electrons.